The van der Waals surface area contributed by atoms with Gasteiger partial charge in [0.15, 0.2) is 0 Å². The summed E-state index contributed by atoms with van der Waals surface area (Å²) in [6.45, 7) is 1.43. The van der Waals surface area contributed by atoms with Gasteiger partial charge in [0, 0.05) is 6.92 Å². The van der Waals surface area contributed by atoms with Gasteiger partial charge in [0.05, 0.1) is 6.07 Å². The van der Waals surface area contributed by atoms with E-state index in [4.69, 9.17) is 5.26 Å². The van der Waals surface area contributed by atoms with E-state index in [-0.39, 0.29) is 0 Å². The fraction of sp³-hybridized carbons (Fsp3) is 0.700. The van der Waals surface area contributed by atoms with Crippen LogP contribution in [0.2, 0.25) is 0 Å². The topological polar surface area (TPSA) is 67.2 Å². The van der Waals surface area contributed by atoms with E-state index in [0.717, 1.165) is 0 Å². The Hall–Kier alpha value is -2.35. The molecule has 18 heteroatoms. The summed E-state index contributed by atoms with van der Waals surface area (Å²) in [6.07, 6.45) is -14.4. The van der Waals surface area contributed by atoms with Crippen molar-refractivity contribution in [3.8, 4) is 6.07 Å². The molecule has 0 fully saturated rings. The van der Waals surface area contributed by atoms with Crippen molar-refractivity contribution in [2.75, 3.05) is 0 Å². The molecule has 0 aromatic rings. The van der Waals surface area contributed by atoms with Crippen molar-refractivity contribution in [1.82, 2.24) is 0 Å². The first-order valence-electron chi connectivity index (χ1n) is 5.69. The van der Waals surface area contributed by atoms with Gasteiger partial charge >= 0.3 is 48.0 Å². The molecule has 0 aliphatic carbocycles. The molecule has 0 amide bonds. The number of halogens is 14. The molecule has 0 aromatic heterocycles. The number of hydrogen-bond acceptors (Lipinski definition) is 4. The van der Waals surface area contributed by atoms with E-state index >= 15 is 0 Å². The first kappa shape index (κ1) is 27.9. The van der Waals surface area contributed by atoms with Crippen LogP contribution in [-0.2, 0) is 14.3 Å². The summed E-state index contributed by atoms with van der Waals surface area (Å²) in [4.78, 5) is 20.7. The predicted molar refractivity (Wildman–Crippen MR) is 54.3 cm³/mol. The number of rotatable bonds is 4. The smallest absolute Gasteiger partial charge is 0.384 e. The van der Waals surface area contributed by atoms with Crippen molar-refractivity contribution in [1.29, 1.82) is 5.26 Å². The largest absolute Gasteiger partial charge is 0.460 e. The van der Waals surface area contributed by atoms with Gasteiger partial charge in [0.25, 0.3) is 0 Å². The second-order valence-electron chi connectivity index (χ2n) is 4.19. The van der Waals surface area contributed by atoms with Gasteiger partial charge in [-0.05, 0) is 0 Å². The molecule has 0 aliphatic rings. The molecule has 0 heterocycles. The molecule has 0 N–H and O–H groups in total. The summed E-state index contributed by atoms with van der Waals surface area (Å²) < 4.78 is 172. The zero-order chi connectivity index (χ0) is 23.6. The molecule has 164 valence electrons. The van der Waals surface area contributed by atoms with E-state index in [2.05, 4.69) is 0 Å². The van der Waals surface area contributed by atoms with Crippen LogP contribution in [0.15, 0.2) is 0 Å². The molecule has 0 bridgehead atoms. The van der Waals surface area contributed by atoms with Crippen molar-refractivity contribution in [3.05, 3.63) is 0 Å². The van der Waals surface area contributed by atoms with E-state index < -0.39 is 48.0 Å². The number of nitriles is 1. The van der Waals surface area contributed by atoms with Gasteiger partial charge in [-0.2, -0.15) is 66.7 Å². The van der Waals surface area contributed by atoms with E-state index in [0.29, 0.717) is 0 Å². The summed E-state index contributed by atoms with van der Waals surface area (Å²) in [7, 11) is 0. The molecule has 0 saturated heterocycles. The van der Waals surface area contributed by atoms with Crippen molar-refractivity contribution < 1.29 is 75.8 Å². The Bertz CT molecular complexity index is 579. The number of alkyl halides is 14. The van der Waals surface area contributed by atoms with Crippen LogP contribution >= 0.6 is 0 Å². The van der Waals surface area contributed by atoms with E-state index in [1.54, 1.807) is 6.07 Å². The van der Waals surface area contributed by atoms with Crippen LogP contribution in [-0.4, -0.2) is 48.0 Å². The van der Waals surface area contributed by atoms with Crippen molar-refractivity contribution in [3.63, 3.8) is 0 Å². The Kier molecular flexibility index (Phi) is 7.91. The second-order valence-corrected chi connectivity index (χ2v) is 4.19. The molecule has 0 atom stereocenters. The lowest BCUT2D eigenvalue weighted by atomic mass is 10.1. The lowest BCUT2D eigenvalue weighted by Gasteiger charge is -2.28. The van der Waals surface area contributed by atoms with Gasteiger partial charge in [-0.1, -0.05) is 0 Å². The first-order chi connectivity index (χ1) is 12.0. The van der Waals surface area contributed by atoms with Crippen LogP contribution in [0.25, 0.3) is 0 Å². The fourth-order valence-corrected chi connectivity index (χ4v) is 0.825. The number of carbonyl (C=O) groups is 2. The minimum Gasteiger partial charge on any atom is -0.384 e. The third-order valence-corrected chi connectivity index (χ3v) is 2.20. The molecule has 0 rings (SSSR count). The maximum absolute atomic E-state index is 12.6. The molecule has 0 aromatic carbocycles. The Morgan fingerprint density at radius 1 is 0.643 bits per heavy atom. The Balaban J connectivity index is 0. The van der Waals surface area contributed by atoms with E-state index in [9.17, 15) is 71.1 Å². The highest BCUT2D eigenvalue weighted by Gasteiger charge is 2.80. The van der Waals surface area contributed by atoms with Crippen molar-refractivity contribution in [2.45, 2.75) is 43.0 Å². The Morgan fingerprint density at radius 2 is 0.821 bits per heavy atom. The maximum Gasteiger partial charge on any atom is 0.460 e. The Labute approximate surface area is 143 Å². The predicted octanol–water partition coefficient (Wildman–Crippen LogP) is 4.25. The second kappa shape index (κ2) is 7.95. The summed E-state index contributed by atoms with van der Waals surface area (Å²) >= 11 is 0. The van der Waals surface area contributed by atoms with E-state index in [1.807, 2.05) is 4.74 Å². The summed E-state index contributed by atoms with van der Waals surface area (Å²) in [5.41, 5.74) is 0. The van der Waals surface area contributed by atoms with Crippen LogP contribution in [0.5, 0.6) is 0 Å². The van der Waals surface area contributed by atoms with Crippen molar-refractivity contribution >= 4 is 11.9 Å². The highest BCUT2D eigenvalue weighted by molar-refractivity contribution is 5.93. The maximum atomic E-state index is 12.6. The van der Waals surface area contributed by atoms with Crippen LogP contribution < -0.4 is 0 Å². The lowest BCUT2D eigenvalue weighted by molar-refractivity contribution is -0.354. The van der Waals surface area contributed by atoms with Crippen LogP contribution in [0.4, 0.5) is 61.5 Å². The molecule has 28 heavy (non-hydrogen) atoms. The molecular weight excluding hydrogens is 448 g/mol. The fourth-order valence-electron chi connectivity index (χ4n) is 0.825. The van der Waals surface area contributed by atoms with E-state index in [1.165, 1.54) is 6.92 Å². The number of ether oxygens (including phenoxy) is 1. The van der Waals surface area contributed by atoms with Gasteiger partial charge in [-0.3, -0.25) is 0 Å². The SMILES string of the molecule is CC#N.O=C(OC(=O)C(F)(F)C(F)(F)C(F)(F)F)C(F)(F)C(F)(F)C(F)(F)F. The highest BCUT2D eigenvalue weighted by Crippen LogP contribution is 2.49. The van der Waals surface area contributed by atoms with Gasteiger partial charge in [-0.25, -0.2) is 9.59 Å². The first-order valence-corrected chi connectivity index (χ1v) is 5.69. The number of hydrogen-bond donors (Lipinski definition) is 0. The van der Waals surface area contributed by atoms with Crippen LogP contribution in [0, 0.1) is 11.3 Å². The standard InChI is InChI=1S/C8F14O3.C2H3N/c9-3(10,5(13,14)7(17,18)19)1(23)25-2(24)4(11,12)6(15,16)8(20,21)22;1-2-3/h;1H3. The summed E-state index contributed by atoms with van der Waals surface area (Å²) in [5.74, 6) is -37.7. The third-order valence-electron chi connectivity index (χ3n) is 2.20. The monoisotopic (exact) mass is 451 g/mol. The molecule has 0 aliphatic heterocycles. The summed E-state index contributed by atoms with van der Waals surface area (Å²) in [6, 6.07) is 1.75. The average Bonchev–Trinajstić information content (AvgIpc) is 2.44. The van der Waals surface area contributed by atoms with Gasteiger partial charge in [0.2, 0.25) is 0 Å². The molecule has 0 spiro atoms. The molecular formula is C10H3F14NO3. The molecule has 4 nitrogen and oxygen atoms in total. The number of carbonyl (C=O) groups excluding carboxylic acids is 2. The van der Waals surface area contributed by atoms with Gasteiger partial charge < -0.3 is 4.74 Å². The van der Waals surface area contributed by atoms with Crippen LogP contribution in [0.1, 0.15) is 6.92 Å². The normalized spacial score (nSPS) is 13.8. The molecule has 0 unspecified atom stereocenters. The molecule has 0 radical (unpaired) electrons. The number of nitrogens with zero attached hydrogens (tertiary/aromatic N) is 1. The van der Waals surface area contributed by atoms with Gasteiger partial charge in [0.1, 0.15) is 0 Å². The zero-order valence-electron chi connectivity index (χ0n) is 12.5. The number of esters is 2. The quantitative estimate of drug-likeness (QED) is 0.364. The zero-order valence-corrected chi connectivity index (χ0v) is 12.5. The minimum atomic E-state index is -7.33. The Morgan fingerprint density at radius 3 is 0.964 bits per heavy atom. The van der Waals surface area contributed by atoms with Gasteiger partial charge in [-0.15, -0.1) is 0 Å². The summed E-state index contributed by atoms with van der Waals surface area (Å²) in [5, 5.41) is 7.32. The highest BCUT2D eigenvalue weighted by atomic mass is 19.4. The lowest BCUT2D eigenvalue weighted by Crippen LogP contribution is -2.60. The van der Waals surface area contributed by atoms with Crippen molar-refractivity contribution in [2.24, 2.45) is 0 Å². The average molecular weight is 451 g/mol. The van der Waals surface area contributed by atoms with Crippen LogP contribution in [0.3, 0.4) is 0 Å². The molecule has 0 saturated carbocycles. The third kappa shape index (κ3) is 4.92. The minimum absolute atomic E-state index is 1.43.